The van der Waals surface area contributed by atoms with Crippen molar-refractivity contribution in [2.45, 2.75) is 75.2 Å². The molecule has 0 unspecified atom stereocenters. The fraction of sp³-hybridized carbons (Fsp3) is 0.864. The molecular formula is C22H45N4+. The van der Waals surface area contributed by atoms with Crippen LogP contribution in [-0.2, 0) is 0 Å². The van der Waals surface area contributed by atoms with E-state index in [2.05, 4.69) is 89.7 Å². The molecule has 4 N–H and O–H groups in total. The van der Waals surface area contributed by atoms with E-state index < -0.39 is 0 Å². The first kappa shape index (κ1) is 23.2. The summed E-state index contributed by atoms with van der Waals surface area (Å²) in [7, 11) is 0. The van der Waals surface area contributed by atoms with Crippen molar-refractivity contribution in [3.63, 3.8) is 0 Å². The van der Waals surface area contributed by atoms with E-state index in [9.17, 15) is 0 Å². The number of hydrogen-bond donors (Lipinski definition) is 3. The number of allylic oxidation sites excluding steroid dienone is 2. The molecule has 0 radical (unpaired) electrons. The molecule has 0 bridgehead atoms. The van der Waals surface area contributed by atoms with E-state index in [4.69, 9.17) is 5.73 Å². The van der Waals surface area contributed by atoms with Gasteiger partial charge in [-0.2, -0.15) is 0 Å². The maximum absolute atomic E-state index is 5.61. The van der Waals surface area contributed by atoms with Gasteiger partial charge in [0.2, 0.25) is 0 Å². The molecule has 0 aromatic heterocycles. The Kier molecular flexibility index (Phi) is 7.51. The van der Waals surface area contributed by atoms with Gasteiger partial charge in [-0.25, -0.2) is 4.58 Å². The molecule has 152 valence electrons. The van der Waals surface area contributed by atoms with Gasteiger partial charge in [0, 0.05) is 6.67 Å². The molecule has 1 aliphatic rings. The van der Waals surface area contributed by atoms with Crippen LogP contribution < -0.4 is 16.4 Å². The van der Waals surface area contributed by atoms with E-state index in [0.29, 0.717) is 12.1 Å². The predicted molar refractivity (Wildman–Crippen MR) is 114 cm³/mol. The van der Waals surface area contributed by atoms with Gasteiger partial charge in [-0.15, -0.1) is 0 Å². The summed E-state index contributed by atoms with van der Waals surface area (Å²) >= 11 is 0. The molecule has 0 saturated carbocycles. The SMILES string of the molecule is CC(C)(C)CC(C)(C)C=CC(C)(C)CC(C)(C)C1=[N+](CNCN)CCN1. The molecule has 0 aromatic carbocycles. The van der Waals surface area contributed by atoms with E-state index in [1.54, 1.807) is 0 Å². The van der Waals surface area contributed by atoms with Gasteiger partial charge >= 0.3 is 0 Å². The van der Waals surface area contributed by atoms with Crippen molar-refractivity contribution >= 4 is 5.84 Å². The quantitative estimate of drug-likeness (QED) is 0.330. The monoisotopic (exact) mass is 365 g/mol. The molecule has 0 atom stereocenters. The highest BCUT2D eigenvalue weighted by molar-refractivity contribution is 5.83. The van der Waals surface area contributed by atoms with Gasteiger partial charge in [-0.1, -0.05) is 60.6 Å². The third-order valence-electron chi connectivity index (χ3n) is 4.95. The van der Waals surface area contributed by atoms with Gasteiger partial charge in [0.05, 0.1) is 5.41 Å². The number of nitrogens with two attached hydrogens (primary N) is 1. The fourth-order valence-electron chi connectivity index (χ4n) is 4.72. The standard InChI is InChI=1S/C22H44N4/c1-19(2,3)14-20(4,5)10-11-21(6,7)15-22(8,9)18-25-12-13-26(18)17-24-16-23/h10-11,24H,12-17,23H2,1-9H3/p+1. The Hall–Kier alpha value is -0.870. The first-order valence-corrected chi connectivity index (χ1v) is 10.1. The fourth-order valence-corrected chi connectivity index (χ4v) is 4.72. The molecule has 0 fully saturated rings. The Balaban J connectivity index is 2.88. The van der Waals surface area contributed by atoms with E-state index in [1.807, 2.05) is 0 Å². The minimum Gasteiger partial charge on any atom is -0.318 e. The van der Waals surface area contributed by atoms with E-state index in [-0.39, 0.29) is 16.2 Å². The van der Waals surface area contributed by atoms with Gasteiger partial charge in [-0.05, 0) is 42.9 Å². The summed E-state index contributed by atoms with van der Waals surface area (Å²) in [6.45, 7) is 24.5. The highest BCUT2D eigenvalue weighted by Gasteiger charge is 2.39. The van der Waals surface area contributed by atoms with Crippen LogP contribution in [0.15, 0.2) is 12.2 Å². The van der Waals surface area contributed by atoms with Crippen molar-refractivity contribution in [3.8, 4) is 0 Å². The molecule has 0 aromatic rings. The van der Waals surface area contributed by atoms with Crippen LogP contribution in [0, 0.1) is 21.7 Å². The van der Waals surface area contributed by atoms with E-state index in [0.717, 1.165) is 26.2 Å². The molecule has 0 saturated heterocycles. The van der Waals surface area contributed by atoms with Gasteiger partial charge in [0.25, 0.3) is 5.84 Å². The maximum Gasteiger partial charge on any atom is 0.251 e. The normalized spacial score (nSPS) is 17.3. The third kappa shape index (κ3) is 7.79. The first-order valence-electron chi connectivity index (χ1n) is 10.1. The summed E-state index contributed by atoms with van der Waals surface area (Å²) in [5.41, 5.74) is 6.41. The van der Waals surface area contributed by atoms with Crippen molar-refractivity contribution in [2.24, 2.45) is 27.4 Å². The summed E-state index contributed by atoms with van der Waals surface area (Å²) in [5.74, 6) is 1.34. The van der Waals surface area contributed by atoms with Crippen LogP contribution in [0.2, 0.25) is 0 Å². The van der Waals surface area contributed by atoms with Crippen LogP contribution in [0.4, 0.5) is 0 Å². The van der Waals surface area contributed by atoms with Crippen LogP contribution in [0.1, 0.15) is 75.2 Å². The number of nitrogens with zero attached hydrogens (tertiary/aromatic N) is 1. The average Bonchev–Trinajstić information content (AvgIpc) is 2.89. The summed E-state index contributed by atoms with van der Waals surface area (Å²) in [4.78, 5) is 0. The second-order valence-electron chi connectivity index (χ2n) is 11.3. The Bertz CT molecular complexity index is 519. The summed E-state index contributed by atoms with van der Waals surface area (Å²) < 4.78 is 2.40. The van der Waals surface area contributed by atoms with E-state index in [1.165, 1.54) is 12.3 Å². The molecule has 0 spiro atoms. The summed E-state index contributed by atoms with van der Waals surface area (Å²) in [6, 6.07) is 0. The molecule has 4 heteroatoms. The molecule has 26 heavy (non-hydrogen) atoms. The van der Waals surface area contributed by atoms with Crippen LogP contribution in [0.3, 0.4) is 0 Å². The molecular weight excluding hydrogens is 320 g/mol. The van der Waals surface area contributed by atoms with Gasteiger partial charge in [0.1, 0.15) is 19.8 Å². The minimum atomic E-state index is 0.0921. The maximum atomic E-state index is 5.61. The number of amidine groups is 1. The van der Waals surface area contributed by atoms with Gasteiger partial charge < -0.3 is 5.73 Å². The molecule has 1 heterocycles. The van der Waals surface area contributed by atoms with Crippen molar-refractivity contribution in [3.05, 3.63) is 12.2 Å². The zero-order chi connectivity index (χ0) is 20.2. The molecule has 1 aliphatic heterocycles. The van der Waals surface area contributed by atoms with Crippen molar-refractivity contribution in [1.82, 2.24) is 10.6 Å². The number of nitrogens with one attached hydrogen (secondary N) is 2. The second-order valence-corrected chi connectivity index (χ2v) is 11.3. The van der Waals surface area contributed by atoms with Crippen LogP contribution in [-0.4, -0.2) is 36.8 Å². The summed E-state index contributed by atoms with van der Waals surface area (Å²) in [5, 5.41) is 6.87. The van der Waals surface area contributed by atoms with Crippen molar-refractivity contribution in [1.29, 1.82) is 0 Å². The van der Waals surface area contributed by atoms with Crippen LogP contribution >= 0.6 is 0 Å². The predicted octanol–water partition coefficient (Wildman–Crippen LogP) is 3.93. The number of hydrogen-bond acceptors (Lipinski definition) is 3. The van der Waals surface area contributed by atoms with Crippen LogP contribution in [0.5, 0.6) is 0 Å². The van der Waals surface area contributed by atoms with Crippen LogP contribution in [0.25, 0.3) is 0 Å². The second kappa shape index (κ2) is 8.43. The van der Waals surface area contributed by atoms with Crippen molar-refractivity contribution < 1.29 is 4.58 Å². The first-order chi connectivity index (χ1) is 11.7. The minimum absolute atomic E-state index is 0.0921. The highest BCUT2D eigenvalue weighted by Crippen LogP contribution is 2.39. The van der Waals surface area contributed by atoms with E-state index >= 15 is 0 Å². The zero-order valence-electron chi connectivity index (χ0n) is 18.9. The largest absolute Gasteiger partial charge is 0.318 e. The Labute approximate surface area is 162 Å². The lowest BCUT2D eigenvalue weighted by molar-refractivity contribution is -0.526. The molecule has 4 nitrogen and oxygen atoms in total. The topological polar surface area (TPSA) is 53.1 Å². The molecule has 0 aliphatic carbocycles. The molecule has 1 rings (SSSR count). The van der Waals surface area contributed by atoms with Gasteiger partial charge in [0.15, 0.2) is 0 Å². The lowest BCUT2D eigenvalue weighted by atomic mass is 9.71. The Morgan fingerprint density at radius 3 is 2.00 bits per heavy atom. The zero-order valence-corrected chi connectivity index (χ0v) is 18.9. The third-order valence-corrected chi connectivity index (χ3v) is 4.95. The lowest BCUT2D eigenvalue weighted by Gasteiger charge is -2.34. The number of rotatable bonds is 9. The summed E-state index contributed by atoms with van der Waals surface area (Å²) in [6.07, 6.45) is 7.17. The Morgan fingerprint density at radius 1 is 0.962 bits per heavy atom. The van der Waals surface area contributed by atoms with Crippen molar-refractivity contribution in [2.75, 3.05) is 26.4 Å². The lowest BCUT2D eigenvalue weighted by Crippen LogP contribution is -2.42. The average molecular weight is 366 g/mol. The molecule has 0 amide bonds. The van der Waals surface area contributed by atoms with Gasteiger partial charge in [-0.3, -0.25) is 10.6 Å². The smallest absolute Gasteiger partial charge is 0.251 e. The highest BCUT2D eigenvalue weighted by atomic mass is 15.3. The Morgan fingerprint density at radius 2 is 1.50 bits per heavy atom.